The zero-order valence-electron chi connectivity index (χ0n) is 17.0. The SMILES string of the molecule is O=C(O)C(F)(F)F.O=C(c1cnccn1)N1CC[C@@H]2CN(Cc3ccc(F)cc3)C[C@@H]2C1. The first kappa shape index (κ1) is 23.6. The van der Waals surface area contributed by atoms with Gasteiger partial charge in [0.1, 0.15) is 11.5 Å². The number of alkyl halides is 3. The minimum Gasteiger partial charge on any atom is -0.475 e. The lowest BCUT2D eigenvalue weighted by molar-refractivity contribution is -0.192. The Morgan fingerprint density at radius 2 is 1.72 bits per heavy atom. The van der Waals surface area contributed by atoms with Gasteiger partial charge in [0, 0.05) is 45.1 Å². The van der Waals surface area contributed by atoms with Gasteiger partial charge < -0.3 is 10.0 Å². The van der Waals surface area contributed by atoms with Gasteiger partial charge in [0.25, 0.3) is 5.91 Å². The first-order valence-electron chi connectivity index (χ1n) is 9.95. The van der Waals surface area contributed by atoms with Crippen LogP contribution >= 0.6 is 0 Å². The van der Waals surface area contributed by atoms with Gasteiger partial charge in [0.2, 0.25) is 0 Å². The molecule has 1 aromatic carbocycles. The van der Waals surface area contributed by atoms with Crippen LogP contribution in [0.4, 0.5) is 17.6 Å². The summed E-state index contributed by atoms with van der Waals surface area (Å²) in [5, 5.41) is 7.12. The Morgan fingerprint density at radius 3 is 2.31 bits per heavy atom. The molecule has 2 saturated heterocycles. The molecule has 172 valence electrons. The van der Waals surface area contributed by atoms with Gasteiger partial charge in [-0.1, -0.05) is 12.1 Å². The molecule has 1 amide bonds. The van der Waals surface area contributed by atoms with Gasteiger partial charge in [-0.25, -0.2) is 14.2 Å². The van der Waals surface area contributed by atoms with Gasteiger partial charge in [-0.05, 0) is 36.0 Å². The minimum absolute atomic E-state index is 0.0245. The van der Waals surface area contributed by atoms with Gasteiger partial charge in [0.15, 0.2) is 0 Å². The van der Waals surface area contributed by atoms with Crippen molar-refractivity contribution < 1.29 is 32.3 Å². The van der Waals surface area contributed by atoms with E-state index in [9.17, 15) is 22.4 Å². The van der Waals surface area contributed by atoms with Crippen LogP contribution in [0.3, 0.4) is 0 Å². The standard InChI is InChI=1S/C19H21FN4O.C2HF3O2/c20-17-3-1-14(2-4-17)10-23-11-15-5-8-24(13-16(15)12-23)19(25)18-9-21-6-7-22-18;3-2(4,5)1(6)7/h1-4,6-7,9,15-16H,5,8,10-13H2;(H,6,7)/t15-,16-;/m1./s1. The highest BCUT2D eigenvalue weighted by atomic mass is 19.4. The molecule has 4 rings (SSSR count). The Morgan fingerprint density at radius 1 is 1.06 bits per heavy atom. The molecule has 3 heterocycles. The molecule has 32 heavy (non-hydrogen) atoms. The number of hydrogen-bond donors (Lipinski definition) is 1. The summed E-state index contributed by atoms with van der Waals surface area (Å²) in [6.07, 6.45) is 0.605. The van der Waals surface area contributed by atoms with Crippen molar-refractivity contribution in [1.29, 1.82) is 0 Å². The van der Waals surface area contributed by atoms with E-state index in [0.29, 0.717) is 17.5 Å². The number of fused-ring (bicyclic) bond motifs is 1. The molecule has 0 unspecified atom stereocenters. The van der Waals surface area contributed by atoms with Crippen LogP contribution < -0.4 is 0 Å². The molecule has 0 aliphatic carbocycles. The van der Waals surface area contributed by atoms with Crippen molar-refractivity contribution in [2.24, 2.45) is 11.8 Å². The lowest BCUT2D eigenvalue weighted by Crippen LogP contribution is -2.43. The largest absolute Gasteiger partial charge is 0.490 e. The Labute approximate surface area is 181 Å². The Bertz CT molecular complexity index is 925. The van der Waals surface area contributed by atoms with E-state index in [0.717, 1.165) is 44.7 Å². The molecule has 0 bridgehead atoms. The fourth-order valence-corrected chi connectivity index (χ4v) is 4.00. The summed E-state index contributed by atoms with van der Waals surface area (Å²) >= 11 is 0. The van der Waals surface area contributed by atoms with Crippen molar-refractivity contribution in [1.82, 2.24) is 19.8 Å². The van der Waals surface area contributed by atoms with Gasteiger partial charge in [-0.3, -0.25) is 14.7 Å². The maximum Gasteiger partial charge on any atom is 0.490 e. The van der Waals surface area contributed by atoms with Crippen molar-refractivity contribution >= 4 is 11.9 Å². The number of benzene rings is 1. The number of carboxylic acids is 1. The van der Waals surface area contributed by atoms with Crippen LogP contribution in [0.15, 0.2) is 42.9 Å². The lowest BCUT2D eigenvalue weighted by Gasteiger charge is -2.34. The lowest BCUT2D eigenvalue weighted by atomic mass is 9.88. The number of halogens is 4. The molecular formula is C21H22F4N4O3. The second-order valence-electron chi connectivity index (χ2n) is 7.77. The third kappa shape index (κ3) is 6.22. The second-order valence-corrected chi connectivity index (χ2v) is 7.77. The monoisotopic (exact) mass is 454 g/mol. The van der Waals surface area contributed by atoms with E-state index in [1.807, 2.05) is 17.0 Å². The minimum atomic E-state index is -5.08. The number of aromatic nitrogens is 2. The summed E-state index contributed by atoms with van der Waals surface area (Å²) in [6, 6.07) is 6.72. The maximum absolute atomic E-state index is 13.0. The Hall–Kier alpha value is -3.08. The van der Waals surface area contributed by atoms with Crippen molar-refractivity contribution in [3.05, 3.63) is 59.9 Å². The number of carboxylic acid groups (broad SMARTS) is 1. The summed E-state index contributed by atoms with van der Waals surface area (Å²) < 4.78 is 44.8. The van der Waals surface area contributed by atoms with Crippen molar-refractivity contribution in [2.45, 2.75) is 19.1 Å². The Balaban J connectivity index is 0.000000360. The van der Waals surface area contributed by atoms with Crippen molar-refractivity contribution in [3.63, 3.8) is 0 Å². The molecule has 1 N–H and O–H groups in total. The highest BCUT2D eigenvalue weighted by Crippen LogP contribution is 2.32. The van der Waals surface area contributed by atoms with E-state index >= 15 is 0 Å². The van der Waals surface area contributed by atoms with E-state index in [1.165, 1.54) is 18.3 Å². The molecule has 2 fully saturated rings. The van der Waals surface area contributed by atoms with Crippen LogP contribution in [0.1, 0.15) is 22.5 Å². The highest BCUT2D eigenvalue weighted by molar-refractivity contribution is 5.92. The first-order valence-corrected chi connectivity index (χ1v) is 9.95. The summed E-state index contributed by atoms with van der Waals surface area (Å²) in [7, 11) is 0. The van der Waals surface area contributed by atoms with E-state index in [-0.39, 0.29) is 11.7 Å². The number of aliphatic carboxylic acids is 1. The summed E-state index contributed by atoms with van der Waals surface area (Å²) in [4.78, 5) is 33.9. The molecule has 0 spiro atoms. The Kier molecular flexibility index (Phi) is 7.39. The van der Waals surface area contributed by atoms with Crippen LogP contribution in [0, 0.1) is 17.7 Å². The van der Waals surface area contributed by atoms with Gasteiger partial charge >= 0.3 is 12.1 Å². The van der Waals surface area contributed by atoms with Crippen LogP contribution in [0.2, 0.25) is 0 Å². The predicted octanol–water partition coefficient (Wildman–Crippen LogP) is 2.84. The van der Waals surface area contributed by atoms with Crippen molar-refractivity contribution in [2.75, 3.05) is 26.2 Å². The topological polar surface area (TPSA) is 86.6 Å². The molecule has 0 saturated carbocycles. The number of likely N-dealkylation sites (tertiary alicyclic amines) is 2. The second kappa shape index (κ2) is 10.0. The maximum atomic E-state index is 13.0. The fraction of sp³-hybridized carbons (Fsp3) is 0.429. The van der Waals surface area contributed by atoms with Crippen LogP contribution in [-0.2, 0) is 11.3 Å². The number of rotatable bonds is 3. The zero-order chi connectivity index (χ0) is 23.3. The third-order valence-electron chi connectivity index (χ3n) is 5.51. The molecule has 2 aliphatic heterocycles. The average molecular weight is 454 g/mol. The molecule has 11 heteroatoms. The third-order valence-corrected chi connectivity index (χ3v) is 5.51. The zero-order valence-corrected chi connectivity index (χ0v) is 17.0. The average Bonchev–Trinajstić information content (AvgIpc) is 3.16. The van der Waals surface area contributed by atoms with Crippen molar-refractivity contribution in [3.8, 4) is 0 Å². The number of carbonyl (C=O) groups excluding carboxylic acids is 1. The normalized spacial score (nSPS) is 20.8. The smallest absolute Gasteiger partial charge is 0.475 e. The summed E-state index contributed by atoms with van der Waals surface area (Å²) in [5.41, 5.74) is 1.55. The highest BCUT2D eigenvalue weighted by Gasteiger charge is 2.39. The van der Waals surface area contributed by atoms with Gasteiger partial charge in [0.05, 0.1) is 6.20 Å². The molecule has 2 atom stereocenters. The number of hydrogen-bond acceptors (Lipinski definition) is 5. The quantitative estimate of drug-likeness (QED) is 0.718. The van der Waals surface area contributed by atoms with Gasteiger partial charge in [-0.2, -0.15) is 13.2 Å². The van der Waals surface area contributed by atoms with Crippen LogP contribution in [0.5, 0.6) is 0 Å². The number of carbonyl (C=O) groups is 2. The molecule has 2 aliphatic rings. The fourth-order valence-electron chi connectivity index (χ4n) is 4.00. The van der Waals surface area contributed by atoms with Crippen LogP contribution in [-0.4, -0.2) is 69.1 Å². The molecular weight excluding hydrogens is 432 g/mol. The van der Waals surface area contributed by atoms with Crippen LogP contribution in [0.25, 0.3) is 0 Å². The van der Waals surface area contributed by atoms with E-state index < -0.39 is 12.1 Å². The van der Waals surface area contributed by atoms with E-state index in [4.69, 9.17) is 9.90 Å². The van der Waals surface area contributed by atoms with Gasteiger partial charge in [-0.15, -0.1) is 0 Å². The predicted molar refractivity (Wildman–Crippen MR) is 105 cm³/mol. The number of amides is 1. The molecule has 2 aromatic rings. The molecule has 7 nitrogen and oxygen atoms in total. The van der Waals surface area contributed by atoms with E-state index in [1.54, 1.807) is 12.4 Å². The first-order chi connectivity index (χ1) is 15.1. The number of piperidine rings is 1. The summed E-state index contributed by atoms with van der Waals surface area (Å²) in [5.74, 6) is -1.85. The van der Waals surface area contributed by atoms with E-state index in [2.05, 4.69) is 14.9 Å². The molecule has 1 aromatic heterocycles. The summed E-state index contributed by atoms with van der Waals surface area (Å²) in [6.45, 7) is 4.42. The molecule has 0 radical (unpaired) electrons. The number of nitrogens with zero attached hydrogens (tertiary/aromatic N) is 4.